The van der Waals surface area contributed by atoms with Gasteiger partial charge in [0.2, 0.25) is 0 Å². The van der Waals surface area contributed by atoms with E-state index in [1.165, 1.54) is 57.8 Å². The molecule has 0 spiro atoms. The number of hydrogen-bond donors (Lipinski definition) is 0. The van der Waals surface area contributed by atoms with Crippen LogP contribution in [0.15, 0.2) is 0 Å². The van der Waals surface area contributed by atoms with Gasteiger partial charge in [-0.3, -0.25) is 0 Å². The molecular formula is C13H26. The van der Waals surface area contributed by atoms with E-state index < -0.39 is 0 Å². The molecule has 0 N–H and O–H groups in total. The highest BCUT2D eigenvalue weighted by Gasteiger charge is 1.90. The largest absolute Gasteiger partial charge is 0.0533 e. The molecule has 13 heavy (non-hydrogen) atoms. The van der Waals surface area contributed by atoms with Crippen molar-refractivity contribution in [2.75, 3.05) is 0 Å². The number of rotatable bonds is 10. The van der Waals surface area contributed by atoms with E-state index in [2.05, 4.69) is 13.8 Å². The molecule has 0 amide bonds. The summed E-state index contributed by atoms with van der Waals surface area (Å²) in [5.41, 5.74) is 0. The molecule has 0 nitrogen and oxygen atoms in total. The van der Waals surface area contributed by atoms with E-state index >= 15 is 0 Å². The topological polar surface area (TPSA) is 0 Å². The summed E-state index contributed by atoms with van der Waals surface area (Å²) in [6.07, 6.45) is 14.8. The van der Waals surface area contributed by atoms with Crippen molar-refractivity contribution >= 4 is 0 Å². The van der Waals surface area contributed by atoms with Crippen LogP contribution in [0.5, 0.6) is 0 Å². The van der Waals surface area contributed by atoms with Crippen LogP contribution in [-0.2, 0) is 0 Å². The Morgan fingerprint density at radius 1 is 0.385 bits per heavy atom. The molecular weight excluding hydrogens is 156 g/mol. The molecule has 0 unspecified atom stereocenters. The van der Waals surface area contributed by atoms with Crippen LogP contribution in [0.25, 0.3) is 0 Å². The third-order valence-corrected chi connectivity index (χ3v) is 2.50. The van der Waals surface area contributed by atoms with Gasteiger partial charge in [0.15, 0.2) is 0 Å². The highest BCUT2D eigenvalue weighted by molar-refractivity contribution is 4.49. The summed E-state index contributed by atoms with van der Waals surface area (Å²) in [6.45, 7) is 7.69. The fourth-order valence-electron chi connectivity index (χ4n) is 1.59. The van der Waals surface area contributed by atoms with Gasteiger partial charge in [0.05, 0.1) is 0 Å². The Morgan fingerprint density at radius 3 is 0.846 bits per heavy atom. The summed E-state index contributed by atoms with van der Waals surface area (Å²) in [4.78, 5) is 0. The molecule has 0 bridgehead atoms. The molecule has 0 aliphatic heterocycles. The SMILES string of the molecule is [CH2]CCCCCCCCCCC[CH2]. The zero-order chi connectivity index (χ0) is 9.78. The summed E-state index contributed by atoms with van der Waals surface area (Å²) in [5.74, 6) is 0. The Kier molecular flexibility index (Phi) is 12.0. The molecule has 0 aliphatic rings. The van der Waals surface area contributed by atoms with Crippen LogP contribution in [0.2, 0.25) is 0 Å². The van der Waals surface area contributed by atoms with Crippen LogP contribution in [-0.4, -0.2) is 0 Å². The minimum Gasteiger partial charge on any atom is -0.0533 e. The van der Waals surface area contributed by atoms with Gasteiger partial charge in [-0.15, -0.1) is 0 Å². The molecule has 0 rings (SSSR count). The molecule has 0 aromatic heterocycles. The van der Waals surface area contributed by atoms with Gasteiger partial charge in [-0.1, -0.05) is 84.5 Å². The van der Waals surface area contributed by atoms with Gasteiger partial charge >= 0.3 is 0 Å². The van der Waals surface area contributed by atoms with Crippen molar-refractivity contribution < 1.29 is 0 Å². The maximum atomic E-state index is 3.85. The van der Waals surface area contributed by atoms with Gasteiger partial charge < -0.3 is 0 Å². The molecule has 0 atom stereocenters. The van der Waals surface area contributed by atoms with Crippen LogP contribution in [0, 0.1) is 13.8 Å². The fraction of sp³-hybridized carbons (Fsp3) is 0.846. The van der Waals surface area contributed by atoms with E-state index in [1.807, 2.05) is 0 Å². The normalized spacial score (nSPS) is 10.6. The van der Waals surface area contributed by atoms with Crippen molar-refractivity contribution in [3.63, 3.8) is 0 Å². The maximum Gasteiger partial charge on any atom is -0.0533 e. The van der Waals surface area contributed by atoms with Gasteiger partial charge in [0.25, 0.3) is 0 Å². The van der Waals surface area contributed by atoms with Crippen LogP contribution >= 0.6 is 0 Å². The third-order valence-electron chi connectivity index (χ3n) is 2.50. The Morgan fingerprint density at radius 2 is 0.615 bits per heavy atom. The minimum absolute atomic E-state index is 1.11. The van der Waals surface area contributed by atoms with Gasteiger partial charge in [-0.05, 0) is 0 Å². The summed E-state index contributed by atoms with van der Waals surface area (Å²) in [5, 5.41) is 0. The molecule has 0 aromatic carbocycles. The van der Waals surface area contributed by atoms with E-state index in [0.29, 0.717) is 0 Å². The van der Waals surface area contributed by atoms with E-state index in [1.54, 1.807) is 0 Å². The molecule has 0 fully saturated rings. The third kappa shape index (κ3) is 12.0. The molecule has 78 valence electrons. The quantitative estimate of drug-likeness (QED) is 0.419. The molecule has 0 saturated carbocycles. The van der Waals surface area contributed by atoms with Crippen LogP contribution in [0.4, 0.5) is 0 Å². The minimum atomic E-state index is 1.11. The Labute approximate surface area is 85.1 Å². The summed E-state index contributed by atoms with van der Waals surface area (Å²) in [7, 11) is 0. The van der Waals surface area contributed by atoms with Crippen LogP contribution < -0.4 is 0 Å². The highest BCUT2D eigenvalue weighted by atomic mass is 14.0. The smallest absolute Gasteiger partial charge is 0.0533 e. The highest BCUT2D eigenvalue weighted by Crippen LogP contribution is 2.10. The Bertz CT molecular complexity index is 66.1. The monoisotopic (exact) mass is 182 g/mol. The van der Waals surface area contributed by atoms with Crippen molar-refractivity contribution in [2.24, 2.45) is 0 Å². The fourth-order valence-corrected chi connectivity index (χ4v) is 1.59. The zero-order valence-corrected chi connectivity index (χ0v) is 9.19. The lowest BCUT2D eigenvalue weighted by molar-refractivity contribution is 0.561. The second-order valence-corrected chi connectivity index (χ2v) is 3.89. The number of hydrogen-bond acceptors (Lipinski definition) is 0. The first-order valence-corrected chi connectivity index (χ1v) is 6.00. The van der Waals surface area contributed by atoms with Crippen LogP contribution in [0.1, 0.15) is 70.6 Å². The van der Waals surface area contributed by atoms with Crippen molar-refractivity contribution in [3.05, 3.63) is 13.8 Å². The maximum absolute atomic E-state index is 3.85. The lowest BCUT2D eigenvalue weighted by atomic mass is 10.1. The number of unbranched alkanes of at least 4 members (excludes halogenated alkanes) is 10. The first-order chi connectivity index (χ1) is 6.41. The lowest BCUT2D eigenvalue weighted by Crippen LogP contribution is -1.81. The van der Waals surface area contributed by atoms with E-state index in [9.17, 15) is 0 Å². The predicted molar refractivity (Wildman–Crippen MR) is 61.5 cm³/mol. The Hall–Kier alpha value is 0. The van der Waals surface area contributed by atoms with Gasteiger partial charge in [0.1, 0.15) is 0 Å². The van der Waals surface area contributed by atoms with Crippen molar-refractivity contribution in [3.8, 4) is 0 Å². The average Bonchev–Trinajstić information content (AvgIpc) is 2.16. The van der Waals surface area contributed by atoms with Crippen LogP contribution in [0.3, 0.4) is 0 Å². The summed E-state index contributed by atoms with van der Waals surface area (Å²) in [6, 6.07) is 0. The second kappa shape index (κ2) is 12.0. The van der Waals surface area contributed by atoms with Gasteiger partial charge in [-0.2, -0.15) is 0 Å². The van der Waals surface area contributed by atoms with E-state index in [4.69, 9.17) is 0 Å². The second-order valence-electron chi connectivity index (χ2n) is 3.89. The first kappa shape index (κ1) is 13.0. The average molecular weight is 182 g/mol. The molecule has 0 heterocycles. The summed E-state index contributed by atoms with van der Waals surface area (Å²) < 4.78 is 0. The van der Waals surface area contributed by atoms with Crippen molar-refractivity contribution in [1.82, 2.24) is 0 Å². The predicted octanol–water partition coefficient (Wildman–Crippen LogP) is 4.95. The standard InChI is InChI=1S/C13H26/c1-3-5-7-9-11-13-12-10-8-6-4-2/h1-13H2. The van der Waals surface area contributed by atoms with E-state index in [0.717, 1.165) is 12.8 Å². The van der Waals surface area contributed by atoms with Crippen molar-refractivity contribution in [1.29, 1.82) is 0 Å². The molecule has 0 heteroatoms. The summed E-state index contributed by atoms with van der Waals surface area (Å²) >= 11 is 0. The van der Waals surface area contributed by atoms with Gasteiger partial charge in [-0.25, -0.2) is 0 Å². The Balaban J connectivity index is 2.76. The van der Waals surface area contributed by atoms with E-state index in [-0.39, 0.29) is 0 Å². The first-order valence-electron chi connectivity index (χ1n) is 6.00. The molecule has 0 aromatic rings. The van der Waals surface area contributed by atoms with Gasteiger partial charge in [0, 0.05) is 0 Å². The molecule has 0 saturated heterocycles. The molecule has 2 radical (unpaired) electrons. The zero-order valence-electron chi connectivity index (χ0n) is 9.19. The molecule has 0 aliphatic carbocycles. The van der Waals surface area contributed by atoms with Crippen molar-refractivity contribution in [2.45, 2.75) is 70.6 Å². The lowest BCUT2D eigenvalue weighted by Gasteiger charge is -2.00.